The van der Waals surface area contributed by atoms with Crippen LogP contribution in [-0.4, -0.2) is 11.5 Å². The van der Waals surface area contributed by atoms with E-state index in [9.17, 15) is 0 Å². The molecule has 1 aromatic heterocycles. The second kappa shape index (κ2) is 7.12. The third-order valence-corrected chi connectivity index (χ3v) is 2.94. The molecule has 19 heavy (non-hydrogen) atoms. The quantitative estimate of drug-likeness (QED) is 0.878. The molecule has 0 fully saturated rings. The summed E-state index contributed by atoms with van der Waals surface area (Å²) in [6.45, 7) is 4.25. The van der Waals surface area contributed by atoms with Crippen LogP contribution >= 0.6 is 11.6 Å². The Morgan fingerprint density at radius 3 is 3.00 bits per heavy atom. The third kappa shape index (κ3) is 4.23. The highest BCUT2D eigenvalue weighted by atomic mass is 35.5. The molecule has 0 aliphatic heterocycles. The Hall–Kier alpha value is -1.58. The van der Waals surface area contributed by atoms with E-state index in [1.807, 2.05) is 36.5 Å². The minimum Gasteiger partial charge on any atom is -0.488 e. The van der Waals surface area contributed by atoms with Gasteiger partial charge in [-0.15, -0.1) is 0 Å². The van der Waals surface area contributed by atoms with E-state index in [0.29, 0.717) is 6.61 Å². The van der Waals surface area contributed by atoms with Crippen LogP contribution in [0.25, 0.3) is 0 Å². The Bertz CT molecular complexity index is 531. The third-order valence-electron chi connectivity index (χ3n) is 2.71. The van der Waals surface area contributed by atoms with Crippen LogP contribution < -0.4 is 10.1 Å². The number of rotatable bonds is 6. The molecule has 0 atom stereocenters. The summed E-state index contributed by atoms with van der Waals surface area (Å²) in [5.74, 6) is 0.857. The number of benzene rings is 1. The summed E-state index contributed by atoms with van der Waals surface area (Å²) < 4.78 is 5.84. The maximum atomic E-state index is 5.95. The lowest BCUT2D eigenvalue weighted by atomic mass is 10.2. The molecule has 0 amide bonds. The molecular weight excluding hydrogens is 260 g/mol. The van der Waals surface area contributed by atoms with Crippen LogP contribution in [0.2, 0.25) is 5.02 Å². The minimum atomic E-state index is 0.504. The van der Waals surface area contributed by atoms with E-state index in [-0.39, 0.29) is 0 Å². The number of hydrogen-bond donors (Lipinski definition) is 1. The van der Waals surface area contributed by atoms with Crippen LogP contribution in [0.4, 0.5) is 0 Å². The summed E-state index contributed by atoms with van der Waals surface area (Å²) in [7, 11) is 0. The van der Waals surface area contributed by atoms with E-state index in [2.05, 4.69) is 17.2 Å². The largest absolute Gasteiger partial charge is 0.488 e. The topological polar surface area (TPSA) is 34.2 Å². The van der Waals surface area contributed by atoms with Crippen molar-refractivity contribution in [2.45, 2.75) is 20.1 Å². The molecule has 1 N–H and O–H groups in total. The van der Waals surface area contributed by atoms with Crippen LogP contribution in [0.1, 0.15) is 18.1 Å². The summed E-state index contributed by atoms with van der Waals surface area (Å²) in [6, 6.07) is 9.57. The van der Waals surface area contributed by atoms with Crippen molar-refractivity contribution in [3.8, 4) is 5.75 Å². The summed E-state index contributed by atoms with van der Waals surface area (Å²) in [5, 5.41) is 4.00. The van der Waals surface area contributed by atoms with Gasteiger partial charge < -0.3 is 10.1 Å². The highest BCUT2D eigenvalue weighted by Crippen LogP contribution is 2.19. The second-order valence-electron chi connectivity index (χ2n) is 4.18. The van der Waals surface area contributed by atoms with Crippen molar-refractivity contribution in [3.05, 3.63) is 58.9 Å². The molecule has 4 heteroatoms. The smallest absolute Gasteiger partial charge is 0.127 e. The Morgan fingerprint density at radius 2 is 2.21 bits per heavy atom. The molecule has 0 bridgehead atoms. The minimum absolute atomic E-state index is 0.504. The standard InChI is InChI=1S/C15H17ClN2O/c1-2-17-9-13-10-18-7-6-15(13)19-11-12-4-3-5-14(16)8-12/h3-8,10,17H,2,9,11H2,1H3. The van der Waals surface area contributed by atoms with Crippen molar-refractivity contribution >= 4 is 11.6 Å². The van der Waals surface area contributed by atoms with Crippen molar-refractivity contribution < 1.29 is 4.74 Å². The first-order valence-corrected chi connectivity index (χ1v) is 6.68. The fourth-order valence-electron chi connectivity index (χ4n) is 1.74. The van der Waals surface area contributed by atoms with E-state index in [4.69, 9.17) is 16.3 Å². The van der Waals surface area contributed by atoms with Crippen LogP contribution in [0.5, 0.6) is 5.75 Å². The van der Waals surface area contributed by atoms with Crippen LogP contribution in [0.15, 0.2) is 42.7 Å². The fraction of sp³-hybridized carbons (Fsp3) is 0.267. The van der Waals surface area contributed by atoms with E-state index in [0.717, 1.165) is 35.0 Å². The van der Waals surface area contributed by atoms with Crippen LogP contribution in [0, 0.1) is 0 Å². The van der Waals surface area contributed by atoms with Gasteiger partial charge in [-0.05, 0) is 30.3 Å². The number of aromatic nitrogens is 1. The predicted octanol–water partition coefficient (Wildman–Crippen LogP) is 3.42. The molecule has 1 aromatic carbocycles. The van der Waals surface area contributed by atoms with Crippen molar-refractivity contribution in [1.29, 1.82) is 0 Å². The zero-order chi connectivity index (χ0) is 13.5. The fourth-order valence-corrected chi connectivity index (χ4v) is 1.95. The zero-order valence-electron chi connectivity index (χ0n) is 10.9. The maximum absolute atomic E-state index is 5.95. The number of hydrogen-bond acceptors (Lipinski definition) is 3. The van der Waals surface area contributed by atoms with E-state index in [1.54, 1.807) is 6.20 Å². The molecule has 0 unspecified atom stereocenters. The number of halogens is 1. The zero-order valence-corrected chi connectivity index (χ0v) is 11.7. The first kappa shape index (κ1) is 13.8. The molecule has 3 nitrogen and oxygen atoms in total. The summed E-state index contributed by atoms with van der Waals surface area (Å²) in [4.78, 5) is 4.13. The average molecular weight is 277 g/mol. The monoisotopic (exact) mass is 276 g/mol. The lowest BCUT2D eigenvalue weighted by Gasteiger charge is -2.11. The highest BCUT2D eigenvalue weighted by Gasteiger charge is 2.03. The molecule has 2 aromatic rings. The van der Waals surface area contributed by atoms with Gasteiger partial charge in [0.1, 0.15) is 12.4 Å². The van der Waals surface area contributed by atoms with Crippen molar-refractivity contribution in [1.82, 2.24) is 10.3 Å². The lowest BCUT2D eigenvalue weighted by molar-refractivity contribution is 0.302. The van der Waals surface area contributed by atoms with E-state index >= 15 is 0 Å². The normalized spacial score (nSPS) is 10.4. The molecular formula is C15H17ClN2O. The molecule has 0 radical (unpaired) electrons. The molecule has 0 aliphatic carbocycles. The Morgan fingerprint density at radius 1 is 1.32 bits per heavy atom. The first-order valence-electron chi connectivity index (χ1n) is 6.30. The molecule has 1 heterocycles. The van der Waals surface area contributed by atoms with Crippen LogP contribution in [-0.2, 0) is 13.2 Å². The SMILES string of the molecule is CCNCc1cnccc1OCc1cccc(Cl)c1. The molecule has 2 rings (SSSR count). The predicted molar refractivity (Wildman–Crippen MR) is 77.4 cm³/mol. The van der Waals surface area contributed by atoms with E-state index in [1.165, 1.54) is 0 Å². The van der Waals surface area contributed by atoms with E-state index < -0.39 is 0 Å². The molecule has 0 saturated heterocycles. The van der Waals surface area contributed by atoms with Gasteiger partial charge in [0.2, 0.25) is 0 Å². The molecule has 0 aliphatic rings. The van der Waals surface area contributed by atoms with Gasteiger partial charge in [-0.1, -0.05) is 30.7 Å². The maximum Gasteiger partial charge on any atom is 0.127 e. The number of nitrogens with one attached hydrogen (secondary N) is 1. The first-order chi connectivity index (χ1) is 9.29. The van der Waals surface area contributed by atoms with Gasteiger partial charge >= 0.3 is 0 Å². The number of nitrogens with zero attached hydrogens (tertiary/aromatic N) is 1. The van der Waals surface area contributed by atoms with Crippen molar-refractivity contribution in [2.24, 2.45) is 0 Å². The van der Waals surface area contributed by atoms with Gasteiger partial charge in [0.15, 0.2) is 0 Å². The Balaban J connectivity index is 2.02. The summed E-state index contributed by atoms with van der Waals surface area (Å²) in [6.07, 6.45) is 3.57. The van der Waals surface area contributed by atoms with Gasteiger partial charge in [0, 0.05) is 29.5 Å². The summed E-state index contributed by atoms with van der Waals surface area (Å²) in [5.41, 5.74) is 2.12. The molecule has 0 spiro atoms. The van der Waals surface area contributed by atoms with Gasteiger partial charge in [-0.25, -0.2) is 0 Å². The number of ether oxygens (including phenoxy) is 1. The van der Waals surface area contributed by atoms with Gasteiger partial charge in [0.25, 0.3) is 0 Å². The Labute approximate surface area is 118 Å². The van der Waals surface area contributed by atoms with Crippen molar-refractivity contribution in [3.63, 3.8) is 0 Å². The second-order valence-corrected chi connectivity index (χ2v) is 4.62. The van der Waals surface area contributed by atoms with Crippen LogP contribution in [0.3, 0.4) is 0 Å². The van der Waals surface area contributed by atoms with Gasteiger partial charge in [0.05, 0.1) is 0 Å². The lowest BCUT2D eigenvalue weighted by Crippen LogP contribution is -2.13. The highest BCUT2D eigenvalue weighted by molar-refractivity contribution is 6.30. The Kier molecular flexibility index (Phi) is 5.19. The van der Waals surface area contributed by atoms with Crippen molar-refractivity contribution in [2.75, 3.05) is 6.54 Å². The molecule has 100 valence electrons. The van der Waals surface area contributed by atoms with Gasteiger partial charge in [-0.3, -0.25) is 4.98 Å². The average Bonchev–Trinajstić information content (AvgIpc) is 2.44. The van der Waals surface area contributed by atoms with Gasteiger partial charge in [-0.2, -0.15) is 0 Å². The summed E-state index contributed by atoms with van der Waals surface area (Å²) >= 11 is 5.95. The molecule has 0 saturated carbocycles. The number of pyridine rings is 1.